The van der Waals surface area contributed by atoms with Crippen LogP contribution in [0.3, 0.4) is 0 Å². The van der Waals surface area contributed by atoms with Crippen LogP contribution in [0.4, 0.5) is 0 Å². The van der Waals surface area contributed by atoms with Crippen molar-refractivity contribution in [3.8, 4) is 0 Å². The number of carbonyl (C=O) groups is 2. The van der Waals surface area contributed by atoms with E-state index in [0.29, 0.717) is 18.1 Å². The monoisotopic (exact) mass is 296 g/mol. The average molecular weight is 296 g/mol. The third-order valence-corrected chi connectivity index (χ3v) is 3.08. The molecule has 0 saturated carbocycles. The zero-order valence-corrected chi connectivity index (χ0v) is 12.8. The van der Waals surface area contributed by atoms with E-state index < -0.39 is 5.60 Å². The molecule has 1 heterocycles. The molecule has 6 nitrogen and oxygen atoms in total. The Labute approximate surface area is 124 Å². The van der Waals surface area contributed by atoms with Crippen molar-refractivity contribution >= 4 is 11.8 Å². The number of furan rings is 1. The largest absolute Gasteiger partial charge is 0.466 e. The van der Waals surface area contributed by atoms with Crippen molar-refractivity contribution in [2.45, 2.75) is 39.2 Å². The topological polar surface area (TPSA) is 91.6 Å². The molecule has 6 heteroatoms. The highest BCUT2D eigenvalue weighted by Gasteiger charge is 2.26. The molecular weight excluding hydrogens is 272 g/mol. The van der Waals surface area contributed by atoms with E-state index in [0.717, 1.165) is 6.42 Å². The van der Waals surface area contributed by atoms with Crippen LogP contribution in [-0.2, 0) is 15.2 Å². The summed E-state index contributed by atoms with van der Waals surface area (Å²) >= 11 is 0. The van der Waals surface area contributed by atoms with Crippen LogP contribution >= 0.6 is 0 Å². The third-order valence-electron chi connectivity index (χ3n) is 3.08. The molecule has 2 amide bonds. The molecule has 0 saturated heterocycles. The molecular formula is C15H24N2O4. The number of hydrogen-bond donors (Lipinski definition) is 3. The molecule has 0 aliphatic carbocycles. The second kappa shape index (κ2) is 7.83. The Morgan fingerprint density at radius 1 is 1.33 bits per heavy atom. The minimum Gasteiger partial charge on any atom is -0.466 e. The maximum absolute atomic E-state index is 11.6. The first kappa shape index (κ1) is 17.2. The molecule has 0 aliphatic heterocycles. The maximum Gasteiger partial charge on any atom is 0.239 e. The van der Waals surface area contributed by atoms with Gasteiger partial charge in [0.15, 0.2) is 0 Å². The SMILES string of the molecule is CC(C)CCC(=O)NCC(=O)NCC(C)(O)c1ccco1. The van der Waals surface area contributed by atoms with Gasteiger partial charge in [0.05, 0.1) is 19.4 Å². The molecule has 0 radical (unpaired) electrons. The summed E-state index contributed by atoms with van der Waals surface area (Å²) in [6.45, 7) is 5.55. The summed E-state index contributed by atoms with van der Waals surface area (Å²) in [5.41, 5.74) is -1.28. The van der Waals surface area contributed by atoms with Gasteiger partial charge in [0, 0.05) is 6.42 Å². The van der Waals surface area contributed by atoms with Crippen LogP contribution in [0, 0.1) is 5.92 Å². The highest BCUT2D eigenvalue weighted by molar-refractivity contribution is 5.84. The zero-order chi connectivity index (χ0) is 15.9. The summed E-state index contributed by atoms with van der Waals surface area (Å²) in [6, 6.07) is 3.31. The summed E-state index contributed by atoms with van der Waals surface area (Å²) in [4.78, 5) is 23.1. The lowest BCUT2D eigenvalue weighted by molar-refractivity contribution is -0.126. The van der Waals surface area contributed by atoms with Crippen molar-refractivity contribution < 1.29 is 19.1 Å². The van der Waals surface area contributed by atoms with Crippen LogP contribution in [0.2, 0.25) is 0 Å². The zero-order valence-electron chi connectivity index (χ0n) is 12.8. The second-order valence-electron chi connectivity index (χ2n) is 5.74. The first-order valence-electron chi connectivity index (χ1n) is 7.11. The van der Waals surface area contributed by atoms with E-state index in [9.17, 15) is 14.7 Å². The van der Waals surface area contributed by atoms with E-state index in [1.807, 2.05) is 13.8 Å². The normalized spacial score (nSPS) is 13.8. The van der Waals surface area contributed by atoms with Gasteiger partial charge < -0.3 is 20.2 Å². The van der Waals surface area contributed by atoms with Gasteiger partial charge in [-0.05, 0) is 31.4 Å². The van der Waals surface area contributed by atoms with Crippen LogP contribution < -0.4 is 10.6 Å². The lowest BCUT2D eigenvalue weighted by atomic mass is 10.0. The molecule has 0 fully saturated rings. The predicted molar refractivity (Wildman–Crippen MR) is 78.4 cm³/mol. The van der Waals surface area contributed by atoms with E-state index in [-0.39, 0.29) is 24.9 Å². The first-order valence-corrected chi connectivity index (χ1v) is 7.11. The van der Waals surface area contributed by atoms with Crippen molar-refractivity contribution in [1.29, 1.82) is 0 Å². The van der Waals surface area contributed by atoms with Crippen molar-refractivity contribution in [2.24, 2.45) is 5.92 Å². The van der Waals surface area contributed by atoms with Gasteiger partial charge in [-0.3, -0.25) is 9.59 Å². The number of rotatable bonds is 8. The Hall–Kier alpha value is -1.82. The van der Waals surface area contributed by atoms with Gasteiger partial charge in [-0.25, -0.2) is 0 Å². The van der Waals surface area contributed by atoms with Crippen LogP contribution in [-0.4, -0.2) is 30.0 Å². The van der Waals surface area contributed by atoms with Gasteiger partial charge in [-0.1, -0.05) is 13.8 Å². The number of aliphatic hydroxyl groups is 1. The van der Waals surface area contributed by atoms with Gasteiger partial charge in [0.25, 0.3) is 0 Å². The number of amides is 2. The summed E-state index contributed by atoms with van der Waals surface area (Å²) < 4.78 is 5.11. The summed E-state index contributed by atoms with van der Waals surface area (Å²) in [5.74, 6) is 0.341. The Bertz CT molecular complexity index is 452. The Kier molecular flexibility index (Phi) is 6.42. The van der Waals surface area contributed by atoms with Crippen LogP contribution in [0.25, 0.3) is 0 Å². The minimum absolute atomic E-state index is 0.0151. The third kappa shape index (κ3) is 6.44. The number of nitrogens with one attached hydrogen (secondary N) is 2. The average Bonchev–Trinajstić information content (AvgIpc) is 2.95. The second-order valence-corrected chi connectivity index (χ2v) is 5.74. The summed E-state index contributed by atoms with van der Waals surface area (Å²) in [7, 11) is 0. The molecule has 1 unspecified atom stereocenters. The highest BCUT2D eigenvalue weighted by atomic mass is 16.4. The molecule has 1 atom stereocenters. The number of hydrogen-bond acceptors (Lipinski definition) is 4. The van der Waals surface area contributed by atoms with Crippen molar-refractivity contribution in [1.82, 2.24) is 10.6 Å². The van der Waals surface area contributed by atoms with Gasteiger partial charge in [0.2, 0.25) is 11.8 Å². The van der Waals surface area contributed by atoms with Crippen LogP contribution in [0.15, 0.2) is 22.8 Å². The molecule has 0 aromatic carbocycles. The lowest BCUT2D eigenvalue weighted by Gasteiger charge is -2.21. The maximum atomic E-state index is 11.6. The highest BCUT2D eigenvalue weighted by Crippen LogP contribution is 2.19. The van der Waals surface area contributed by atoms with E-state index in [4.69, 9.17) is 4.42 Å². The molecule has 1 aromatic rings. The van der Waals surface area contributed by atoms with Gasteiger partial charge in [0.1, 0.15) is 11.4 Å². The van der Waals surface area contributed by atoms with E-state index >= 15 is 0 Å². The molecule has 1 aromatic heterocycles. The van der Waals surface area contributed by atoms with Crippen LogP contribution in [0.5, 0.6) is 0 Å². The van der Waals surface area contributed by atoms with Crippen LogP contribution in [0.1, 0.15) is 39.4 Å². The summed E-state index contributed by atoms with van der Waals surface area (Å²) in [5, 5.41) is 15.3. The molecule has 3 N–H and O–H groups in total. The fraction of sp³-hybridized carbons (Fsp3) is 0.600. The fourth-order valence-electron chi connectivity index (χ4n) is 1.69. The van der Waals surface area contributed by atoms with E-state index in [2.05, 4.69) is 10.6 Å². The van der Waals surface area contributed by atoms with Gasteiger partial charge >= 0.3 is 0 Å². The van der Waals surface area contributed by atoms with E-state index in [1.165, 1.54) is 6.26 Å². The Balaban J connectivity index is 2.27. The van der Waals surface area contributed by atoms with Crippen molar-refractivity contribution in [2.75, 3.05) is 13.1 Å². The Morgan fingerprint density at radius 3 is 2.62 bits per heavy atom. The quantitative estimate of drug-likeness (QED) is 0.671. The fourth-order valence-corrected chi connectivity index (χ4v) is 1.69. The Morgan fingerprint density at radius 2 is 2.05 bits per heavy atom. The molecule has 1 rings (SSSR count). The van der Waals surface area contributed by atoms with Gasteiger partial charge in [-0.2, -0.15) is 0 Å². The lowest BCUT2D eigenvalue weighted by Crippen LogP contribution is -2.43. The molecule has 0 bridgehead atoms. The van der Waals surface area contributed by atoms with E-state index in [1.54, 1.807) is 19.1 Å². The standard InChI is InChI=1S/C15H24N2O4/c1-11(2)6-7-13(18)16-9-14(19)17-10-15(3,20)12-5-4-8-21-12/h4-5,8,11,20H,6-7,9-10H2,1-3H3,(H,16,18)(H,17,19). The molecule has 0 aliphatic rings. The molecule has 0 spiro atoms. The van der Waals surface area contributed by atoms with Gasteiger partial charge in [-0.15, -0.1) is 0 Å². The summed E-state index contributed by atoms with van der Waals surface area (Å²) in [6.07, 6.45) is 2.66. The first-order chi connectivity index (χ1) is 9.81. The molecule has 118 valence electrons. The smallest absolute Gasteiger partial charge is 0.239 e. The predicted octanol–water partition coefficient (Wildman–Crippen LogP) is 1.16. The number of carbonyl (C=O) groups excluding carboxylic acids is 2. The van der Waals surface area contributed by atoms with Crippen molar-refractivity contribution in [3.05, 3.63) is 24.2 Å². The minimum atomic E-state index is -1.28. The van der Waals surface area contributed by atoms with Crippen molar-refractivity contribution in [3.63, 3.8) is 0 Å². The molecule has 21 heavy (non-hydrogen) atoms.